The van der Waals surface area contributed by atoms with E-state index < -0.39 is 18.0 Å². The van der Waals surface area contributed by atoms with E-state index in [4.69, 9.17) is 5.26 Å². The molecule has 90 valence electrons. The zero-order valence-corrected chi connectivity index (χ0v) is 10.4. The van der Waals surface area contributed by atoms with Crippen LogP contribution in [0.1, 0.15) is 33.5 Å². The van der Waals surface area contributed by atoms with Gasteiger partial charge < -0.3 is 4.74 Å². The second kappa shape index (κ2) is 5.73. The Morgan fingerprint density at radius 2 is 2.24 bits per heavy atom. The van der Waals surface area contributed by atoms with Gasteiger partial charge in [-0.05, 0) is 11.6 Å². The van der Waals surface area contributed by atoms with Crippen LogP contribution in [0.3, 0.4) is 0 Å². The molecule has 17 heavy (non-hydrogen) atoms. The molecule has 0 radical (unpaired) electrons. The van der Waals surface area contributed by atoms with E-state index in [2.05, 4.69) is 20.7 Å². The van der Waals surface area contributed by atoms with Crippen LogP contribution in [-0.4, -0.2) is 13.1 Å². The van der Waals surface area contributed by atoms with Crippen molar-refractivity contribution in [3.8, 4) is 6.07 Å². The van der Waals surface area contributed by atoms with Gasteiger partial charge in [0.05, 0.1) is 29.9 Å². The number of benzene rings is 1. The predicted octanol–water partition coefficient (Wildman–Crippen LogP) is 3.18. The molecule has 0 saturated heterocycles. The van der Waals surface area contributed by atoms with Crippen LogP contribution in [-0.2, 0) is 10.1 Å². The molecule has 0 saturated carbocycles. The number of carbonyl (C=O) groups is 1. The van der Waals surface area contributed by atoms with E-state index in [1.165, 1.54) is 12.1 Å². The number of esters is 1. The first-order chi connectivity index (χ1) is 8.06. The zero-order valence-electron chi connectivity index (χ0n) is 8.84. The fourth-order valence-corrected chi connectivity index (χ4v) is 1.89. The lowest BCUT2D eigenvalue weighted by atomic mass is 9.97. The molecule has 0 fully saturated rings. The van der Waals surface area contributed by atoms with E-state index in [9.17, 15) is 13.6 Å². The Kier molecular flexibility index (Phi) is 4.58. The predicted molar refractivity (Wildman–Crippen MR) is 60.1 cm³/mol. The van der Waals surface area contributed by atoms with Crippen LogP contribution in [0.2, 0.25) is 0 Å². The number of hydrogen-bond donors (Lipinski definition) is 0. The second-order valence-corrected chi connectivity index (χ2v) is 3.66. The van der Waals surface area contributed by atoms with E-state index in [0.29, 0.717) is 5.56 Å². The molecule has 3 nitrogen and oxygen atoms in total. The number of nitrogens with zero attached hydrogens (tertiary/aromatic N) is 1. The number of hydrogen-bond acceptors (Lipinski definition) is 3. The van der Waals surface area contributed by atoms with Crippen molar-refractivity contribution in [1.82, 2.24) is 0 Å². The quantitative estimate of drug-likeness (QED) is 0.636. The summed E-state index contributed by atoms with van der Waals surface area (Å²) in [5, 5.41) is 9.16. The highest BCUT2D eigenvalue weighted by Gasteiger charge is 2.24. The maximum atomic E-state index is 12.9. The fourth-order valence-electron chi connectivity index (χ4n) is 1.42. The normalized spacial score (nSPS) is 10.1. The third-order valence-corrected chi connectivity index (χ3v) is 2.82. The monoisotopic (exact) mass is 303 g/mol. The summed E-state index contributed by atoms with van der Waals surface area (Å²) in [7, 11) is 1.10. The maximum Gasteiger partial charge on any atom is 0.338 e. The van der Waals surface area contributed by atoms with Crippen LogP contribution < -0.4 is 0 Å². The maximum absolute atomic E-state index is 12.9. The molecule has 0 unspecified atom stereocenters. The van der Waals surface area contributed by atoms with Crippen molar-refractivity contribution in [3.63, 3.8) is 0 Å². The summed E-state index contributed by atoms with van der Waals surface area (Å²) in [6, 6.07) is 4.39. The van der Waals surface area contributed by atoms with Gasteiger partial charge in [-0.2, -0.15) is 5.26 Å². The minimum Gasteiger partial charge on any atom is -0.465 e. The van der Waals surface area contributed by atoms with Gasteiger partial charge in [-0.3, -0.25) is 0 Å². The largest absolute Gasteiger partial charge is 0.465 e. The van der Waals surface area contributed by atoms with E-state index in [-0.39, 0.29) is 16.5 Å². The molecule has 1 aromatic rings. The smallest absolute Gasteiger partial charge is 0.338 e. The molecule has 1 aromatic carbocycles. The van der Waals surface area contributed by atoms with Gasteiger partial charge in [-0.1, -0.05) is 22.0 Å². The van der Waals surface area contributed by atoms with E-state index in [1.54, 1.807) is 6.07 Å². The summed E-state index contributed by atoms with van der Waals surface area (Å²) in [4.78, 5) is 11.3. The van der Waals surface area contributed by atoms with Crippen molar-refractivity contribution in [1.29, 1.82) is 5.26 Å². The summed E-state index contributed by atoms with van der Waals surface area (Å²) < 4.78 is 30.2. The van der Waals surface area contributed by atoms with E-state index in [0.717, 1.165) is 7.11 Å². The molecule has 0 N–H and O–H groups in total. The highest BCUT2D eigenvalue weighted by Crippen LogP contribution is 2.30. The lowest BCUT2D eigenvalue weighted by Crippen LogP contribution is -2.09. The SMILES string of the molecule is COC(=O)c1ccc(CBr)c(C#N)c1C(F)F. The third-order valence-electron chi connectivity index (χ3n) is 2.21. The van der Waals surface area contributed by atoms with Gasteiger partial charge in [-0.15, -0.1) is 0 Å². The van der Waals surface area contributed by atoms with Crippen molar-refractivity contribution in [3.05, 3.63) is 34.4 Å². The van der Waals surface area contributed by atoms with Crippen molar-refractivity contribution < 1.29 is 18.3 Å². The molecule has 0 heterocycles. The average molecular weight is 304 g/mol. The van der Waals surface area contributed by atoms with Gasteiger partial charge >= 0.3 is 5.97 Å². The number of halogens is 3. The van der Waals surface area contributed by atoms with Gasteiger partial charge in [0, 0.05) is 5.33 Å². The zero-order chi connectivity index (χ0) is 13.0. The van der Waals surface area contributed by atoms with Gasteiger partial charge in [0.1, 0.15) is 0 Å². The molecule has 6 heteroatoms. The van der Waals surface area contributed by atoms with Crippen molar-refractivity contribution in [2.45, 2.75) is 11.8 Å². The first-order valence-corrected chi connectivity index (χ1v) is 5.67. The Bertz CT molecular complexity index is 483. The molecular formula is C11H8BrF2NO2. The summed E-state index contributed by atoms with van der Waals surface area (Å²) in [6.45, 7) is 0. The molecule has 0 aliphatic carbocycles. The van der Waals surface area contributed by atoms with Gasteiger partial charge in [-0.25, -0.2) is 13.6 Å². The van der Waals surface area contributed by atoms with Crippen LogP contribution >= 0.6 is 15.9 Å². The molecule has 0 aromatic heterocycles. The van der Waals surface area contributed by atoms with Gasteiger partial charge in [0.2, 0.25) is 0 Å². The lowest BCUT2D eigenvalue weighted by Gasteiger charge is -2.11. The molecule has 1 rings (SSSR count). The summed E-state index contributed by atoms with van der Waals surface area (Å²) in [5.41, 5.74) is -0.615. The highest BCUT2D eigenvalue weighted by atomic mass is 79.9. The molecule has 0 atom stereocenters. The molecule has 0 amide bonds. The van der Waals surface area contributed by atoms with Crippen LogP contribution in [0.4, 0.5) is 8.78 Å². The first-order valence-electron chi connectivity index (χ1n) is 4.55. The molecule has 0 bridgehead atoms. The Morgan fingerprint density at radius 1 is 1.59 bits per heavy atom. The van der Waals surface area contributed by atoms with Crippen LogP contribution in [0.15, 0.2) is 12.1 Å². The Labute approximate surface area is 105 Å². The van der Waals surface area contributed by atoms with E-state index in [1.807, 2.05) is 0 Å². The van der Waals surface area contributed by atoms with Crippen LogP contribution in [0, 0.1) is 11.3 Å². The second-order valence-electron chi connectivity index (χ2n) is 3.10. The van der Waals surface area contributed by atoms with Crippen LogP contribution in [0.5, 0.6) is 0 Å². The fraction of sp³-hybridized carbons (Fsp3) is 0.273. The molecule has 0 spiro atoms. The molecular weight excluding hydrogens is 296 g/mol. The van der Waals surface area contributed by atoms with Crippen molar-refractivity contribution in [2.24, 2.45) is 0 Å². The number of nitriles is 1. The Morgan fingerprint density at radius 3 is 2.65 bits per heavy atom. The minimum atomic E-state index is -2.90. The van der Waals surface area contributed by atoms with Crippen molar-refractivity contribution >= 4 is 21.9 Å². The molecule has 0 aliphatic rings. The van der Waals surface area contributed by atoms with Crippen LogP contribution in [0.25, 0.3) is 0 Å². The summed E-state index contributed by atoms with van der Waals surface area (Å²) >= 11 is 3.10. The first kappa shape index (κ1) is 13.6. The van der Waals surface area contributed by atoms with Crippen molar-refractivity contribution in [2.75, 3.05) is 7.11 Å². The standard InChI is InChI=1S/C11H8BrF2NO2/c1-17-11(16)7-3-2-6(4-12)8(5-15)9(7)10(13)14/h2-3,10H,4H2,1H3. The number of methoxy groups -OCH3 is 1. The van der Waals surface area contributed by atoms with Gasteiger partial charge in [0.25, 0.3) is 6.43 Å². The summed E-state index contributed by atoms with van der Waals surface area (Å²) in [6.07, 6.45) is -2.90. The lowest BCUT2D eigenvalue weighted by molar-refractivity contribution is 0.0589. The average Bonchev–Trinajstić information content (AvgIpc) is 2.35. The molecule has 0 aliphatic heterocycles. The number of rotatable bonds is 3. The highest BCUT2D eigenvalue weighted by molar-refractivity contribution is 9.08. The van der Waals surface area contributed by atoms with Gasteiger partial charge in [0.15, 0.2) is 0 Å². The van der Waals surface area contributed by atoms with E-state index >= 15 is 0 Å². The minimum absolute atomic E-state index is 0.181. The number of ether oxygens (including phenoxy) is 1. The topological polar surface area (TPSA) is 50.1 Å². The number of alkyl halides is 3. The summed E-state index contributed by atoms with van der Waals surface area (Å²) in [5.74, 6) is -0.877. The Hall–Kier alpha value is -1.48. The third kappa shape index (κ3) is 2.61. The Balaban J connectivity index is 3.55. The number of carbonyl (C=O) groups excluding carboxylic acids is 1.